The molecule has 0 radical (unpaired) electrons. The van der Waals surface area contributed by atoms with Gasteiger partial charge in [-0.2, -0.15) is 5.26 Å². The maximum absolute atomic E-state index is 9.44. The fourth-order valence-corrected chi connectivity index (χ4v) is 4.90. The van der Waals surface area contributed by atoms with Crippen LogP contribution in [0, 0.1) is 11.3 Å². The van der Waals surface area contributed by atoms with E-state index in [9.17, 15) is 5.26 Å². The van der Waals surface area contributed by atoms with Crippen LogP contribution in [0.15, 0.2) is 36.4 Å². The Balaban J connectivity index is 1.51. The molecule has 2 saturated heterocycles. The van der Waals surface area contributed by atoms with Gasteiger partial charge in [-0.1, -0.05) is 24.3 Å². The van der Waals surface area contributed by atoms with Crippen molar-refractivity contribution >= 4 is 16.5 Å². The number of ether oxygens (including phenoxy) is 1. The van der Waals surface area contributed by atoms with Gasteiger partial charge in [-0.3, -0.25) is 0 Å². The van der Waals surface area contributed by atoms with Crippen molar-refractivity contribution in [2.24, 2.45) is 0 Å². The van der Waals surface area contributed by atoms with Crippen LogP contribution >= 0.6 is 0 Å². The third-order valence-electron chi connectivity index (χ3n) is 6.02. The zero-order chi connectivity index (χ0) is 18.8. The third-order valence-corrected chi connectivity index (χ3v) is 6.02. The normalized spacial score (nSPS) is 24.5. The molecule has 142 valence electrons. The Morgan fingerprint density at radius 3 is 2.48 bits per heavy atom. The van der Waals surface area contributed by atoms with Crippen molar-refractivity contribution in [1.82, 2.24) is 5.32 Å². The number of piperidine rings is 1. The van der Waals surface area contributed by atoms with E-state index < -0.39 is 0 Å². The zero-order valence-corrected chi connectivity index (χ0v) is 16.3. The van der Waals surface area contributed by atoms with Gasteiger partial charge in [0.2, 0.25) is 0 Å². The van der Waals surface area contributed by atoms with Crippen LogP contribution in [0.3, 0.4) is 0 Å². The second-order valence-electron chi connectivity index (χ2n) is 8.12. The Bertz CT molecular complexity index is 827. The minimum Gasteiger partial charge on any atom is -0.377 e. The Kier molecular flexibility index (Phi) is 5.33. The molecule has 2 bridgehead atoms. The summed E-state index contributed by atoms with van der Waals surface area (Å²) in [4.78, 5) is 2.65. The first-order valence-corrected chi connectivity index (χ1v) is 10.2. The van der Waals surface area contributed by atoms with Gasteiger partial charge in [-0.05, 0) is 51.7 Å². The third kappa shape index (κ3) is 3.67. The molecule has 4 nitrogen and oxygen atoms in total. The lowest BCUT2D eigenvalue weighted by atomic mass is 9.94. The highest BCUT2D eigenvalue weighted by Gasteiger charge is 2.41. The van der Waals surface area contributed by atoms with Crippen molar-refractivity contribution in [3.63, 3.8) is 0 Å². The number of fused-ring (bicyclic) bond motifs is 3. The minimum atomic E-state index is 0.300. The van der Waals surface area contributed by atoms with Crippen LogP contribution in [0.1, 0.15) is 45.1 Å². The maximum Gasteiger partial charge on any atom is 0.0998 e. The van der Waals surface area contributed by atoms with Gasteiger partial charge in [0.15, 0.2) is 0 Å². The van der Waals surface area contributed by atoms with E-state index in [1.165, 1.54) is 36.8 Å². The molecule has 1 N–H and O–H groups in total. The molecule has 2 aromatic rings. The van der Waals surface area contributed by atoms with Crippen molar-refractivity contribution in [2.75, 3.05) is 18.1 Å². The number of benzene rings is 2. The van der Waals surface area contributed by atoms with Crippen molar-refractivity contribution in [3.8, 4) is 6.07 Å². The molecule has 2 aliphatic rings. The molecule has 0 aromatic heterocycles. The van der Waals surface area contributed by atoms with Gasteiger partial charge >= 0.3 is 0 Å². The van der Waals surface area contributed by atoms with E-state index in [0.717, 1.165) is 24.1 Å². The lowest BCUT2D eigenvalue weighted by molar-refractivity contribution is 0.0784. The predicted octanol–water partition coefficient (Wildman–Crippen LogP) is 4.23. The molecule has 2 heterocycles. The number of hydrogen-bond donors (Lipinski definition) is 1. The van der Waals surface area contributed by atoms with E-state index in [0.29, 0.717) is 24.2 Å². The number of nitriles is 1. The summed E-state index contributed by atoms with van der Waals surface area (Å²) in [5.74, 6) is 0. The average Bonchev–Trinajstić information content (AvgIpc) is 2.93. The van der Waals surface area contributed by atoms with Crippen LogP contribution in [-0.2, 0) is 4.74 Å². The van der Waals surface area contributed by atoms with Crippen molar-refractivity contribution in [3.05, 3.63) is 42.0 Å². The van der Waals surface area contributed by atoms with Gasteiger partial charge in [-0.25, -0.2) is 0 Å². The number of hydrogen-bond acceptors (Lipinski definition) is 4. The Hall–Kier alpha value is -2.09. The number of rotatable bonds is 6. The topological polar surface area (TPSA) is 48.3 Å². The summed E-state index contributed by atoms with van der Waals surface area (Å²) in [7, 11) is 0. The predicted molar refractivity (Wildman–Crippen MR) is 110 cm³/mol. The van der Waals surface area contributed by atoms with E-state index in [1.807, 2.05) is 12.1 Å². The van der Waals surface area contributed by atoms with Gasteiger partial charge in [0.25, 0.3) is 0 Å². The van der Waals surface area contributed by atoms with Gasteiger partial charge in [0.1, 0.15) is 0 Å². The quantitative estimate of drug-likeness (QED) is 0.781. The van der Waals surface area contributed by atoms with E-state index in [2.05, 4.69) is 54.4 Å². The first-order valence-electron chi connectivity index (χ1n) is 10.2. The number of anilines is 1. The molecule has 2 aromatic carbocycles. The summed E-state index contributed by atoms with van der Waals surface area (Å²) in [5, 5.41) is 15.4. The monoisotopic (exact) mass is 363 g/mol. The van der Waals surface area contributed by atoms with Crippen LogP contribution in [0.5, 0.6) is 0 Å². The van der Waals surface area contributed by atoms with E-state index in [-0.39, 0.29) is 0 Å². The summed E-state index contributed by atoms with van der Waals surface area (Å²) in [6, 6.07) is 16.6. The lowest BCUT2D eigenvalue weighted by Gasteiger charge is -2.41. The molecule has 0 spiro atoms. The van der Waals surface area contributed by atoms with Crippen molar-refractivity contribution in [1.29, 1.82) is 5.26 Å². The summed E-state index contributed by atoms with van der Waals surface area (Å²) >= 11 is 0. The van der Waals surface area contributed by atoms with Crippen LogP contribution in [0.25, 0.3) is 10.8 Å². The minimum absolute atomic E-state index is 0.300. The Morgan fingerprint density at radius 2 is 1.81 bits per heavy atom. The van der Waals surface area contributed by atoms with Crippen molar-refractivity contribution in [2.45, 2.75) is 63.8 Å². The fourth-order valence-electron chi connectivity index (χ4n) is 4.90. The molecular weight excluding hydrogens is 334 g/mol. The standard InChI is InChI=1S/C23H29N3O/c1-16(2)27-12-11-25-18-13-19-8-9-20(14-18)26(19)23-10-7-17(15-24)21-5-3-4-6-22(21)23/h3-7,10,16,18-20,25H,8-9,11-14H2,1-2H3. The van der Waals surface area contributed by atoms with Crippen molar-refractivity contribution < 1.29 is 4.74 Å². The number of nitrogens with zero attached hydrogens (tertiary/aromatic N) is 2. The summed E-state index contributed by atoms with van der Waals surface area (Å²) in [6.45, 7) is 5.89. The Morgan fingerprint density at radius 1 is 1.11 bits per heavy atom. The molecule has 0 aliphatic carbocycles. The highest BCUT2D eigenvalue weighted by molar-refractivity contribution is 5.98. The molecule has 2 aliphatic heterocycles. The first-order chi connectivity index (χ1) is 13.2. The SMILES string of the molecule is CC(C)OCCNC1CC2CCC(C1)N2c1ccc(C#N)c2ccccc12. The molecule has 4 heteroatoms. The molecule has 0 saturated carbocycles. The number of nitrogens with one attached hydrogen (secondary N) is 1. The summed E-state index contributed by atoms with van der Waals surface area (Å²) in [6.07, 6.45) is 5.20. The summed E-state index contributed by atoms with van der Waals surface area (Å²) < 4.78 is 5.66. The first kappa shape index (κ1) is 18.3. The molecule has 4 rings (SSSR count). The smallest absolute Gasteiger partial charge is 0.0998 e. The second-order valence-corrected chi connectivity index (χ2v) is 8.12. The van der Waals surface area contributed by atoms with E-state index in [1.54, 1.807) is 0 Å². The maximum atomic E-state index is 9.44. The van der Waals surface area contributed by atoms with Gasteiger partial charge in [0, 0.05) is 41.1 Å². The van der Waals surface area contributed by atoms with Crippen LogP contribution in [0.2, 0.25) is 0 Å². The highest BCUT2D eigenvalue weighted by Crippen LogP contribution is 2.42. The van der Waals surface area contributed by atoms with Crippen LogP contribution < -0.4 is 10.2 Å². The van der Waals surface area contributed by atoms with Gasteiger partial charge < -0.3 is 15.0 Å². The molecule has 2 atom stereocenters. The Labute approximate surface area is 162 Å². The second kappa shape index (κ2) is 7.88. The van der Waals surface area contributed by atoms with Crippen LogP contribution in [-0.4, -0.2) is 37.4 Å². The molecule has 27 heavy (non-hydrogen) atoms. The largest absolute Gasteiger partial charge is 0.377 e. The summed E-state index contributed by atoms with van der Waals surface area (Å²) in [5.41, 5.74) is 2.07. The van der Waals surface area contributed by atoms with E-state index >= 15 is 0 Å². The zero-order valence-electron chi connectivity index (χ0n) is 16.3. The fraction of sp³-hybridized carbons (Fsp3) is 0.522. The highest BCUT2D eigenvalue weighted by atomic mass is 16.5. The molecule has 0 amide bonds. The van der Waals surface area contributed by atoms with Gasteiger partial charge in [0.05, 0.1) is 24.3 Å². The molecule has 2 unspecified atom stereocenters. The molecular formula is C23H29N3O. The van der Waals surface area contributed by atoms with Crippen LogP contribution in [0.4, 0.5) is 5.69 Å². The average molecular weight is 364 g/mol. The molecule has 2 fully saturated rings. The van der Waals surface area contributed by atoms with Gasteiger partial charge in [-0.15, -0.1) is 0 Å². The van der Waals surface area contributed by atoms with E-state index in [4.69, 9.17) is 4.74 Å². The lowest BCUT2D eigenvalue weighted by Crippen LogP contribution is -2.49.